The summed E-state index contributed by atoms with van der Waals surface area (Å²) in [6.45, 7) is 5.09. The number of nitrogens with one attached hydrogen (secondary N) is 4. The Kier molecular flexibility index (Phi) is 6.02. The predicted molar refractivity (Wildman–Crippen MR) is 149 cm³/mol. The zero-order valence-corrected chi connectivity index (χ0v) is 21.8. The van der Waals surface area contributed by atoms with Gasteiger partial charge in [0.2, 0.25) is 0 Å². The van der Waals surface area contributed by atoms with Gasteiger partial charge in [-0.3, -0.25) is 0 Å². The summed E-state index contributed by atoms with van der Waals surface area (Å²) < 4.78 is 12.1. The van der Waals surface area contributed by atoms with Crippen LogP contribution in [-0.4, -0.2) is 33.0 Å². The maximum atomic E-state index is 13.3. The third-order valence-electron chi connectivity index (χ3n) is 7.59. The summed E-state index contributed by atoms with van der Waals surface area (Å²) in [5, 5.41) is 7.69. The predicted octanol–water partition coefficient (Wildman–Crippen LogP) is 5.06. The lowest BCUT2D eigenvalue weighted by Gasteiger charge is -2.21. The lowest BCUT2D eigenvalue weighted by Crippen LogP contribution is -2.15. The monoisotopic (exact) mass is 522 g/mol. The summed E-state index contributed by atoms with van der Waals surface area (Å²) in [5.41, 5.74) is 6.01. The molecule has 2 aliphatic rings. The fraction of sp³-hybridized carbons (Fsp3) is 0.300. The van der Waals surface area contributed by atoms with Crippen LogP contribution in [0.15, 0.2) is 58.0 Å². The third-order valence-corrected chi connectivity index (χ3v) is 7.59. The quantitative estimate of drug-likeness (QED) is 0.174. The molecule has 0 spiro atoms. The number of rotatable bonds is 7. The average molecular weight is 523 g/mol. The number of ether oxygens (including phenoxy) is 1. The second-order valence-electron chi connectivity index (χ2n) is 10.2. The van der Waals surface area contributed by atoms with E-state index >= 15 is 0 Å². The lowest BCUT2D eigenvalue weighted by atomic mass is 9.94. The molecule has 0 radical (unpaired) electrons. The summed E-state index contributed by atoms with van der Waals surface area (Å²) in [6.07, 6.45) is 6.97. The van der Waals surface area contributed by atoms with Gasteiger partial charge in [0.15, 0.2) is 0 Å². The molecular weight excluding hydrogens is 492 g/mol. The van der Waals surface area contributed by atoms with E-state index in [-0.39, 0.29) is 11.7 Å². The van der Waals surface area contributed by atoms with Crippen LogP contribution >= 0.6 is 0 Å². The van der Waals surface area contributed by atoms with Gasteiger partial charge >= 0.3 is 5.63 Å². The molecule has 1 unspecified atom stereocenters. The van der Waals surface area contributed by atoms with Crippen molar-refractivity contribution in [3.63, 3.8) is 0 Å². The Morgan fingerprint density at radius 1 is 1.05 bits per heavy atom. The van der Waals surface area contributed by atoms with E-state index in [1.54, 1.807) is 0 Å². The van der Waals surface area contributed by atoms with Gasteiger partial charge in [-0.2, -0.15) is 0 Å². The number of hydrogen-bond acceptors (Lipinski definition) is 7. The smallest absolute Gasteiger partial charge is 0.344 e. The van der Waals surface area contributed by atoms with Crippen LogP contribution in [0.25, 0.3) is 44.6 Å². The Morgan fingerprint density at radius 3 is 2.77 bits per heavy atom. The number of benzene rings is 2. The first kappa shape index (κ1) is 23.9. The highest BCUT2D eigenvalue weighted by atomic mass is 16.5. The van der Waals surface area contributed by atoms with E-state index in [1.165, 1.54) is 0 Å². The summed E-state index contributed by atoms with van der Waals surface area (Å²) in [6, 6.07) is 12.1. The molecule has 1 fully saturated rings. The summed E-state index contributed by atoms with van der Waals surface area (Å²) in [4.78, 5) is 29.1. The fourth-order valence-corrected chi connectivity index (χ4v) is 5.58. The summed E-state index contributed by atoms with van der Waals surface area (Å²) in [7, 11) is 0. The maximum absolute atomic E-state index is 13.3. The van der Waals surface area contributed by atoms with Crippen molar-refractivity contribution in [2.24, 2.45) is 0 Å². The second kappa shape index (κ2) is 9.83. The molecule has 7 rings (SSSR count). The molecule has 2 aromatic carbocycles. The molecule has 1 saturated heterocycles. The van der Waals surface area contributed by atoms with Crippen LogP contribution in [0, 0.1) is 0 Å². The topological polar surface area (TPSA) is 121 Å². The standard InChI is InChI=1S/C30H30N6O3/c1-2-9-31-15-27-33-13-23(35-27)17-6-8-20-25(11-17)38-16-21-19-7-5-18(12-26(19)39-30(37)28(20)21)24-14-34-29(36-24)22-4-3-10-32-22/h5-8,11-14,22,31-32H,2-4,9-10,15-16H2,1H3,(H,33,35)(H,34,36). The first-order valence-corrected chi connectivity index (χ1v) is 13.6. The van der Waals surface area contributed by atoms with Crippen LogP contribution in [0.4, 0.5) is 0 Å². The van der Waals surface area contributed by atoms with Crippen molar-refractivity contribution in [3.05, 3.63) is 76.4 Å². The van der Waals surface area contributed by atoms with Gasteiger partial charge in [0.1, 0.15) is 29.6 Å². The first-order chi connectivity index (χ1) is 19.2. The molecule has 0 bridgehead atoms. The van der Waals surface area contributed by atoms with Gasteiger partial charge in [0, 0.05) is 27.6 Å². The Morgan fingerprint density at radius 2 is 1.90 bits per heavy atom. The zero-order valence-electron chi connectivity index (χ0n) is 21.8. The van der Waals surface area contributed by atoms with Crippen LogP contribution in [0.2, 0.25) is 0 Å². The lowest BCUT2D eigenvalue weighted by molar-refractivity contribution is 0.302. The molecule has 5 heterocycles. The average Bonchev–Trinajstić information content (AvgIpc) is 3.74. The number of nitrogens with zero attached hydrogens (tertiary/aromatic N) is 2. The fourth-order valence-electron chi connectivity index (χ4n) is 5.58. The van der Waals surface area contributed by atoms with Crippen molar-refractivity contribution < 1.29 is 9.15 Å². The Hall–Kier alpha value is -4.21. The van der Waals surface area contributed by atoms with Crippen LogP contribution in [0.5, 0.6) is 5.75 Å². The molecule has 0 amide bonds. The number of imidazole rings is 2. The Labute approximate surface area is 225 Å². The summed E-state index contributed by atoms with van der Waals surface area (Å²) >= 11 is 0. The van der Waals surface area contributed by atoms with Crippen LogP contribution < -0.4 is 21.0 Å². The van der Waals surface area contributed by atoms with E-state index in [2.05, 4.69) is 37.5 Å². The van der Waals surface area contributed by atoms with Gasteiger partial charge < -0.3 is 29.8 Å². The van der Waals surface area contributed by atoms with E-state index in [0.717, 1.165) is 83.0 Å². The number of aromatic nitrogens is 4. The highest BCUT2D eigenvalue weighted by Gasteiger charge is 2.25. The van der Waals surface area contributed by atoms with Gasteiger partial charge in [0.25, 0.3) is 0 Å². The molecule has 0 saturated carbocycles. The molecule has 9 heteroatoms. The van der Waals surface area contributed by atoms with Crippen LogP contribution in [0.3, 0.4) is 0 Å². The van der Waals surface area contributed by atoms with E-state index in [0.29, 0.717) is 30.0 Å². The molecule has 9 nitrogen and oxygen atoms in total. The molecule has 39 heavy (non-hydrogen) atoms. The molecule has 5 aromatic rings. The molecular formula is C30H30N6O3. The molecule has 0 aliphatic carbocycles. The number of fused-ring (bicyclic) bond motifs is 5. The largest absolute Gasteiger partial charge is 0.488 e. The van der Waals surface area contributed by atoms with E-state index in [9.17, 15) is 4.79 Å². The van der Waals surface area contributed by atoms with Crippen LogP contribution in [0.1, 0.15) is 49.4 Å². The van der Waals surface area contributed by atoms with Crippen molar-refractivity contribution >= 4 is 11.0 Å². The SMILES string of the molecule is CCCNCc1ncc(-c2ccc3c(c2)OCc2c-3c(=O)oc3cc(-c4cnc(C5CCCN5)[nH]4)ccc23)[nH]1. The van der Waals surface area contributed by atoms with Crippen molar-refractivity contribution in [2.75, 3.05) is 13.1 Å². The number of aromatic amines is 2. The maximum Gasteiger partial charge on any atom is 0.344 e. The minimum absolute atomic E-state index is 0.264. The molecule has 3 aromatic heterocycles. The highest BCUT2D eigenvalue weighted by Crippen LogP contribution is 2.41. The van der Waals surface area contributed by atoms with E-state index < -0.39 is 0 Å². The van der Waals surface area contributed by atoms with Gasteiger partial charge in [-0.1, -0.05) is 25.1 Å². The first-order valence-electron chi connectivity index (χ1n) is 13.6. The number of hydrogen-bond donors (Lipinski definition) is 4. The van der Waals surface area contributed by atoms with Gasteiger partial charge in [-0.05, 0) is 50.6 Å². The van der Waals surface area contributed by atoms with Gasteiger partial charge in [0.05, 0.1) is 41.9 Å². The van der Waals surface area contributed by atoms with Gasteiger partial charge in [-0.15, -0.1) is 0 Å². The molecule has 1 atom stereocenters. The van der Waals surface area contributed by atoms with E-state index in [4.69, 9.17) is 9.15 Å². The molecule has 4 N–H and O–H groups in total. The second-order valence-corrected chi connectivity index (χ2v) is 10.2. The highest BCUT2D eigenvalue weighted by molar-refractivity contribution is 5.91. The van der Waals surface area contributed by atoms with E-state index in [1.807, 2.05) is 48.8 Å². The molecule has 198 valence electrons. The Balaban J connectivity index is 1.20. The normalized spacial score (nSPS) is 16.3. The van der Waals surface area contributed by atoms with Crippen LogP contribution in [-0.2, 0) is 13.2 Å². The van der Waals surface area contributed by atoms with Gasteiger partial charge in [-0.25, -0.2) is 14.8 Å². The zero-order chi connectivity index (χ0) is 26.3. The van der Waals surface area contributed by atoms with Crippen molar-refractivity contribution in [2.45, 2.75) is 45.4 Å². The minimum atomic E-state index is -0.363. The summed E-state index contributed by atoms with van der Waals surface area (Å²) in [5.74, 6) is 2.49. The van der Waals surface area contributed by atoms with Crippen molar-refractivity contribution in [3.8, 4) is 39.4 Å². The number of H-pyrrole nitrogens is 2. The van der Waals surface area contributed by atoms with Crippen molar-refractivity contribution in [1.29, 1.82) is 0 Å². The third kappa shape index (κ3) is 4.33. The van der Waals surface area contributed by atoms with Crippen molar-refractivity contribution in [1.82, 2.24) is 30.6 Å². The molecule has 2 aliphatic heterocycles. The Bertz CT molecular complexity index is 1730. The minimum Gasteiger partial charge on any atom is -0.488 e.